The van der Waals surface area contributed by atoms with E-state index in [0.29, 0.717) is 5.56 Å². The maximum atomic E-state index is 11.9. The monoisotopic (exact) mass is 464 g/mol. The predicted octanol–water partition coefficient (Wildman–Crippen LogP) is 2.94. The highest BCUT2D eigenvalue weighted by molar-refractivity contribution is 7.83. The van der Waals surface area contributed by atoms with Gasteiger partial charge in [-0.1, -0.05) is 11.8 Å². The number of carbonyl (C=O) groups excluding carboxylic acids is 1. The zero-order valence-corrected chi connectivity index (χ0v) is 19.4. The van der Waals surface area contributed by atoms with E-state index in [1.165, 1.54) is 11.2 Å². The lowest BCUT2D eigenvalue weighted by atomic mass is 10.1. The number of hydrogen-bond donors (Lipinski definition) is 2. The molecular formula is C25H24N2O5S. The van der Waals surface area contributed by atoms with E-state index in [0.717, 1.165) is 22.9 Å². The second-order valence-electron chi connectivity index (χ2n) is 7.52. The summed E-state index contributed by atoms with van der Waals surface area (Å²) < 4.78 is 16.9. The van der Waals surface area contributed by atoms with Gasteiger partial charge in [0, 0.05) is 59.6 Å². The van der Waals surface area contributed by atoms with Crippen molar-refractivity contribution in [2.45, 2.75) is 12.3 Å². The number of carbonyl (C=O) groups is 1. The summed E-state index contributed by atoms with van der Waals surface area (Å²) in [5.41, 5.74) is 2.39. The maximum absolute atomic E-state index is 11.9. The number of amides is 1. The third kappa shape index (κ3) is 6.57. The summed E-state index contributed by atoms with van der Waals surface area (Å²) in [6.07, 6.45) is 1.51. The Bertz CT molecular complexity index is 1280. The molecule has 1 unspecified atom stereocenters. The van der Waals surface area contributed by atoms with Crippen molar-refractivity contribution >= 4 is 22.4 Å². The number of aromatic hydroxyl groups is 1. The quantitative estimate of drug-likeness (QED) is 0.544. The lowest BCUT2D eigenvalue weighted by molar-refractivity contribution is 0.0827. The van der Waals surface area contributed by atoms with Gasteiger partial charge in [0.2, 0.25) is 11.2 Å². The Morgan fingerprint density at radius 2 is 1.64 bits per heavy atom. The average molecular weight is 465 g/mol. The van der Waals surface area contributed by atoms with E-state index >= 15 is 0 Å². The molecule has 3 rings (SSSR count). The molecule has 8 heteroatoms. The minimum absolute atomic E-state index is 0.0581. The van der Waals surface area contributed by atoms with Crippen molar-refractivity contribution < 1.29 is 18.5 Å². The smallest absolute Gasteiger partial charge is 0.253 e. The van der Waals surface area contributed by atoms with Crippen LogP contribution in [0.3, 0.4) is 0 Å². The first kappa shape index (κ1) is 23.8. The fourth-order valence-electron chi connectivity index (χ4n) is 2.93. The molecule has 170 valence electrons. The first-order valence-corrected chi connectivity index (χ1v) is 11.8. The standard InChI is InChI=1S/C25H24N2O5S/c1-27(2)25(30)19-10-6-17(7-11-19)4-5-18-8-12-20(13-9-18)26-15-23-24(29)22(28)14-21(32-23)16-33(3)31/h6-14,26,29H,15-16H2,1-3H3. The van der Waals surface area contributed by atoms with Crippen LogP contribution >= 0.6 is 0 Å². The van der Waals surface area contributed by atoms with Crippen LogP contribution in [0.25, 0.3) is 0 Å². The summed E-state index contributed by atoms with van der Waals surface area (Å²) in [7, 11) is 2.25. The molecule has 3 aromatic rings. The van der Waals surface area contributed by atoms with Crippen LogP contribution in [0.1, 0.15) is 33.0 Å². The van der Waals surface area contributed by atoms with Gasteiger partial charge >= 0.3 is 0 Å². The number of nitrogens with one attached hydrogen (secondary N) is 1. The van der Waals surface area contributed by atoms with Gasteiger partial charge in [0.15, 0.2) is 5.76 Å². The lowest BCUT2D eigenvalue weighted by Crippen LogP contribution is -2.21. The molecule has 1 aromatic heterocycles. The molecule has 2 N–H and O–H groups in total. The van der Waals surface area contributed by atoms with Gasteiger partial charge in [-0.25, -0.2) is 0 Å². The van der Waals surface area contributed by atoms with Crippen LogP contribution in [0.4, 0.5) is 5.69 Å². The third-order valence-corrected chi connectivity index (χ3v) is 5.31. The molecule has 33 heavy (non-hydrogen) atoms. The number of rotatable bonds is 6. The summed E-state index contributed by atoms with van der Waals surface area (Å²) in [6.45, 7) is 0.0916. The second-order valence-corrected chi connectivity index (χ2v) is 8.96. The number of anilines is 1. The summed E-state index contributed by atoms with van der Waals surface area (Å²) >= 11 is 0. The molecule has 1 amide bonds. The van der Waals surface area contributed by atoms with Gasteiger partial charge in [0.05, 0.1) is 12.3 Å². The Balaban J connectivity index is 1.65. The largest absolute Gasteiger partial charge is 0.502 e. The van der Waals surface area contributed by atoms with Crippen molar-refractivity contribution in [3.63, 3.8) is 0 Å². The molecular weight excluding hydrogens is 440 g/mol. The third-order valence-electron chi connectivity index (χ3n) is 4.62. The van der Waals surface area contributed by atoms with E-state index in [-0.39, 0.29) is 29.7 Å². The summed E-state index contributed by atoms with van der Waals surface area (Å²) in [5, 5.41) is 13.1. The second kappa shape index (κ2) is 10.7. The van der Waals surface area contributed by atoms with Gasteiger partial charge in [0.1, 0.15) is 5.76 Å². The maximum Gasteiger partial charge on any atom is 0.253 e. The van der Waals surface area contributed by atoms with Crippen LogP contribution in [-0.2, 0) is 23.1 Å². The topological polar surface area (TPSA) is 99.9 Å². The molecule has 0 radical (unpaired) electrons. The van der Waals surface area contributed by atoms with Crippen LogP contribution in [-0.4, -0.2) is 40.5 Å². The summed E-state index contributed by atoms with van der Waals surface area (Å²) in [5.74, 6) is 6.07. The van der Waals surface area contributed by atoms with Crippen molar-refractivity contribution in [2.24, 2.45) is 0 Å². The molecule has 0 aliphatic rings. The van der Waals surface area contributed by atoms with Crippen molar-refractivity contribution in [2.75, 3.05) is 25.7 Å². The molecule has 0 spiro atoms. The van der Waals surface area contributed by atoms with Gasteiger partial charge in [-0.3, -0.25) is 13.8 Å². The Morgan fingerprint density at radius 1 is 1.06 bits per heavy atom. The van der Waals surface area contributed by atoms with E-state index in [1.807, 2.05) is 36.4 Å². The zero-order chi connectivity index (χ0) is 24.0. The Kier molecular flexibility index (Phi) is 7.70. The van der Waals surface area contributed by atoms with Crippen molar-refractivity contribution in [1.29, 1.82) is 0 Å². The lowest BCUT2D eigenvalue weighted by Gasteiger charge is -2.09. The Labute approximate surface area is 194 Å². The molecule has 0 aliphatic carbocycles. The van der Waals surface area contributed by atoms with Crippen LogP contribution in [0.2, 0.25) is 0 Å². The number of nitrogens with zero attached hydrogens (tertiary/aromatic N) is 1. The van der Waals surface area contributed by atoms with Crippen LogP contribution in [0.5, 0.6) is 5.75 Å². The summed E-state index contributed by atoms with van der Waals surface area (Å²) in [4.78, 5) is 25.4. The molecule has 1 atom stereocenters. The average Bonchev–Trinajstić information content (AvgIpc) is 2.79. The van der Waals surface area contributed by atoms with Gasteiger partial charge in [0.25, 0.3) is 5.91 Å². The predicted molar refractivity (Wildman–Crippen MR) is 129 cm³/mol. The fourth-order valence-corrected chi connectivity index (χ4v) is 3.47. The molecule has 0 saturated carbocycles. The van der Waals surface area contributed by atoms with Gasteiger partial charge in [-0.2, -0.15) is 0 Å². The molecule has 2 aromatic carbocycles. The normalized spacial score (nSPS) is 11.2. The van der Waals surface area contributed by atoms with Crippen LogP contribution < -0.4 is 10.7 Å². The van der Waals surface area contributed by atoms with Crippen molar-refractivity contribution in [3.8, 4) is 17.6 Å². The molecule has 0 bridgehead atoms. The first-order valence-electron chi connectivity index (χ1n) is 10.1. The minimum Gasteiger partial charge on any atom is -0.502 e. The highest BCUT2D eigenvalue weighted by atomic mass is 32.2. The summed E-state index contributed by atoms with van der Waals surface area (Å²) in [6, 6.07) is 15.6. The van der Waals surface area contributed by atoms with Crippen molar-refractivity contribution in [3.05, 3.63) is 93.0 Å². The SMILES string of the molecule is CN(C)C(=O)c1ccc(C#Cc2ccc(NCc3oc(CS(C)=O)cc(=O)c3O)cc2)cc1. The van der Waals surface area contributed by atoms with Gasteiger partial charge in [-0.15, -0.1) is 0 Å². The zero-order valence-electron chi connectivity index (χ0n) is 18.5. The van der Waals surface area contributed by atoms with E-state index in [2.05, 4.69) is 17.2 Å². The highest BCUT2D eigenvalue weighted by Crippen LogP contribution is 2.17. The van der Waals surface area contributed by atoms with Crippen molar-refractivity contribution in [1.82, 2.24) is 4.90 Å². The van der Waals surface area contributed by atoms with Gasteiger partial charge in [-0.05, 0) is 48.5 Å². The van der Waals surface area contributed by atoms with E-state index < -0.39 is 22.0 Å². The van der Waals surface area contributed by atoms with E-state index in [1.54, 1.807) is 26.2 Å². The minimum atomic E-state index is -1.17. The van der Waals surface area contributed by atoms with Crippen LogP contribution in [0.15, 0.2) is 63.8 Å². The number of benzene rings is 2. The number of hydrogen-bond acceptors (Lipinski definition) is 6. The molecule has 0 aliphatic heterocycles. The Morgan fingerprint density at radius 3 is 2.18 bits per heavy atom. The highest BCUT2D eigenvalue weighted by Gasteiger charge is 2.12. The van der Waals surface area contributed by atoms with Gasteiger partial charge < -0.3 is 19.7 Å². The fraction of sp³-hybridized carbons (Fsp3) is 0.200. The molecule has 0 fully saturated rings. The van der Waals surface area contributed by atoms with E-state index in [4.69, 9.17) is 4.42 Å². The Hall–Kier alpha value is -3.83. The first-order chi connectivity index (χ1) is 15.7. The van der Waals surface area contributed by atoms with E-state index in [9.17, 15) is 18.9 Å². The molecule has 1 heterocycles. The van der Waals surface area contributed by atoms with Crippen LogP contribution in [0, 0.1) is 11.8 Å². The molecule has 7 nitrogen and oxygen atoms in total. The molecule has 0 saturated heterocycles.